The monoisotopic (exact) mass is 309 g/mol. The fourth-order valence-electron chi connectivity index (χ4n) is 1.80. The maximum absolute atomic E-state index is 3.55. The molecule has 17 heavy (non-hydrogen) atoms. The first-order valence-electron chi connectivity index (χ1n) is 5.62. The van der Waals surface area contributed by atoms with E-state index in [2.05, 4.69) is 66.3 Å². The van der Waals surface area contributed by atoms with Gasteiger partial charge in [0.25, 0.3) is 0 Å². The minimum absolute atomic E-state index is 0.890. The molecule has 2 aromatic rings. The second-order valence-corrected chi connectivity index (χ2v) is 6.48. The number of nitrogens with one attached hydrogen (secondary N) is 1. The van der Waals surface area contributed by atoms with Crippen LogP contribution in [-0.2, 0) is 6.54 Å². The Kier molecular flexibility index (Phi) is 3.89. The van der Waals surface area contributed by atoms with Crippen molar-refractivity contribution in [1.29, 1.82) is 0 Å². The summed E-state index contributed by atoms with van der Waals surface area (Å²) in [5.74, 6) is 0. The summed E-state index contributed by atoms with van der Waals surface area (Å²) >= 11 is 5.38. The first-order valence-corrected chi connectivity index (χ1v) is 7.23. The van der Waals surface area contributed by atoms with Crippen molar-refractivity contribution in [1.82, 2.24) is 0 Å². The molecule has 0 aliphatic heterocycles. The van der Waals surface area contributed by atoms with E-state index in [0.717, 1.165) is 6.54 Å². The number of halogens is 1. The van der Waals surface area contributed by atoms with Gasteiger partial charge in [-0.25, -0.2) is 0 Å². The van der Waals surface area contributed by atoms with E-state index in [9.17, 15) is 0 Å². The number of aryl methyl sites for hydroxylation is 3. The molecular weight excluding hydrogens is 294 g/mol. The molecule has 0 amide bonds. The number of hydrogen-bond donors (Lipinski definition) is 1. The van der Waals surface area contributed by atoms with Crippen LogP contribution in [0, 0.1) is 20.8 Å². The van der Waals surface area contributed by atoms with Crippen molar-refractivity contribution < 1.29 is 0 Å². The average molecular weight is 310 g/mol. The quantitative estimate of drug-likeness (QED) is 0.836. The van der Waals surface area contributed by atoms with Crippen molar-refractivity contribution in [3.8, 4) is 0 Å². The number of hydrogen-bond acceptors (Lipinski definition) is 2. The summed E-state index contributed by atoms with van der Waals surface area (Å²) in [6, 6.07) is 8.69. The zero-order chi connectivity index (χ0) is 12.4. The SMILES string of the molecule is Cc1ccc(NCc2cc(Br)c(C)s2)c(C)c1. The van der Waals surface area contributed by atoms with Gasteiger partial charge in [-0.3, -0.25) is 0 Å². The zero-order valence-corrected chi connectivity index (χ0v) is 12.7. The van der Waals surface area contributed by atoms with Crippen LogP contribution in [0.25, 0.3) is 0 Å². The molecule has 0 saturated carbocycles. The highest BCUT2D eigenvalue weighted by molar-refractivity contribution is 9.10. The largest absolute Gasteiger partial charge is 0.380 e. The van der Waals surface area contributed by atoms with Gasteiger partial charge in [-0.2, -0.15) is 0 Å². The van der Waals surface area contributed by atoms with Crippen LogP contribution in [0.5, 0.6) is 0 Å². The number of thiophene rings is 1. The number of anilines is 1. The van der Waals surface area contributed by atoms with E-state index < -0.39 is 0 Å². The van der Waals surface area contributed by atoms with E-state index in [-0.39, 0.29) is 0 Å². The van der Waals surface area contributed by atoms with E-state index in [4.69, 9.17) is 0 Å². The lowest BCUT2D eigenvalue weighted by Crippen LogP contribution is -1.99. The molecule has 1 N–H and O–H groups in total. The van der Waals surface area contributed by atoms with Crippen molar-refractivity contribution in [2.75, 3.05) is 5.32 Å². The lowest BCUT2D eigenvalue weighted by Gasteiger charge is -2.09. The molecule has 0 unspecified atom stereocenters. The van der Waals surface area contributed by atoms with Gasteiger partial charge < -0.3 is 5.32 Å². The molecule has 1 aromatic carbocycles. The third kappa shape index (κ3) is 3.11. The molecule has 0 aliphatic rings. The molecule has 0 spiro atoms. The van der Waals surface area contributed by atoms with E-state index >= 15 is 0 Å². The molecule has 3 heteroatoms. The predicted octanol–water partition coefficient (Wildman–Crippen LogP) is 5.05. The Bertz CT molecular complexity index is 512. The summed E-state index contributed by atoms with van der Waals surface area (Å²) in [7, 11) is 0. The lowest BCUT2D eigenvalue weighted by atomic mass is 10.1. The molecular formula is C14H16BrNS. The van der Waals surface area contributed by atoms with Crippen LogP contribution in [0.3, 0.4) is 0 Å². The highest BCUT2D eigenvalue weighted by Crippen LogP contribution is 2.27. The van der Waals surface area contributed by atoms with Gasteiger partial charge in [0.2, 0.25) is 0 Å². The molecule has 1 aromatic heterocycles. The van der Waals surface area contributed by atoms with Crippen molar-refractivity contribution in [2.24, 2.45) is 0 Å². The summed E-state index contributed by atoms with van der Waals surface area (Å²) in [4.78, 5) is 2.69. The Balaban J connectivity index is 2.07. The fourth-order valence-corrected chi connectivity index (χ4v) is 3.34. The average Bonchev–Trinajstić information content (AvgIpc) is 2.57. The Morgan fingerprint density at radius 1 is 1.18 bits per heavy atom. The normalized spacial score (nSPS) is 10.6. The summed E-state index contributed by atoms with van der Waals surface area (Å²) < 4.78 is 1.21. The maximum Gasteiger partial charge on any atom is 0.0494 e. The summed E-state index contributed by atoms with van der Waals surface area (Å²) in [5, 5.41) is 3.49. The standard InChI is InChI=1S/C14H16BrNS/c1-9-4-5-14(10(2)6-9)16-8-12-7-13(15)11(3)17-12/h4-7,16H,8H2,1-3H3. The Labute approximate surface area is 115 Å². The van der Waals surface area contributed by atoms with Crippen molar-refractivity contribution in [3.05, 3.63) is 49.6 Å². The smallest absolute Gasteiger partial charge is 0.0494 e. The second-order valence-electron chi connectivity index (χ2n) is 4.29. The van der Waals surface area contributed by atoms with E-state index in [0.29, 0.717) is 0 Å². The fraction of sp³-hybridized carbons (Fsp3) is 0.286. The van der Waals surface area contributed by atoms with Crippen LogP contribution >= 0.6 is 27.3 Å². The van der Waals surface area contributed by atoms with Gasteiger partial charge in [0, 0.05) is 26.5 Å². The molecule has 0 radical (unpaired) electrons. The Morgan fingerprint density at radius 3 is 2.53 bits per heavy atom. The molecule has 2 rings (SSSR count). The molecule has 0 bridgehead atoms. The maximum atomic E-state index is 3.55. The van der Waals surface area contributed by atoms with Crippen LogP contribution in [0.15, 0.2) is 28.7 Å². The van der Waals surface area contributed by atoms with E-state index in [1.54, 1.807) is 0 Å². The number of rotatable bonds is 3. The van der Waals surface area contributed by atoms with Gasteiger partial charge in [0.1, 0.15) is 0 Å². The van der Waals surface area contributed by atoms with Gasteiger partial charge in [-0.15, -0.1) is 11.3 Å². The molecule has 0 atom stereocenters. The molecule has 1 nitrogen and oxygen atoms in total. The molecule has 0 saturated heterocycles. The summed E-state index contributed by atoms with van der Waals surface area (Å²) in [6.07, 6.45) is 0. The third-order valence-electron chi connectivity index (χ3n) is 2.74. The molecule has 90 valence electrons. The van der Waals surface area contributed by atoms with E-state index in [1.165, 1.54) is 31.0 Å². The van der Waals surface area contributed by atoms with Gasteiger partial charge in [-0.05, 0) is 54.4 Å². The highest BCUT2D eigenvalue weighted by atomic mass is 79.9. The van der Waals surface area contributed by atoms with Crippen LogP contribution in [0.1, 0.15) is 20.9 Å². The van der Waals surface area contributed by atoms with Crippen LogP contribution in [0.4, 0.5) is 5.69 Å². The van der Waals surface area contributed by atoms with Gasteiger partial charge in [0.05, 0.1) is 0 Å². The van der Waals surface area contributed by atoms with E-state index in [1.807, 2.05) is 11.3 Å². The van der Waals surface area contributed by atoms with Gasteiger partial charge in [-0.1, -0.05) is 17.7 Å². The summed E-state index contributed by atoms with van der Waals surface area (Å²) in [6.45, 7) is 7.29. The Morgan fingerprint density at radius 2 is 1.94 bits per heavy atom. The van der Waals surface area contributed by atoms with Crippen molar-refractivity contribution in [3.63, 3.8) is 0 Å². The first-order chi connectivity index (χ1) is 8.06. The highest BCUT2D eigenvalue weighted by Gasteiger charge is 2.03. The second kappa shape index (κ2) is 5.23. The van der Waals surface area contributed by atoms with Crippen molar-refractivity contribution >= 4 is 33.0 Å². The van der Waals surface area contributed by atoms with Crippen LogP contribution in [0.2, 0.25) is 0 Å². The molecule has 1 heterocycles. The minimum atomic E-state index is 0.890. The lowest BCUT2D eigenvalue weighted by molar-refractivity contribution is 1.17. The van der Waals surface area contributed by atoms with Gasteiger partial charge in [0.15, 0.2) is 0 Å². The van der Waals surface area contributed by atoms with Gasteiger partial charge >= 0.3 is 0 Å². The third-order valence-corrected chi connectivity index (χ3v) is 4.88. The topological polar surface area (TPSA) is 12.0 Å². The van der Waals surface area contributed by atoms with Crippen LogP contribution in [-0.4, -0.2) is 0 Å². The zero-order valence-electron chi connectivity index (χ0n) is 10.3. The Hall–Kier alpha value is -0.800. The summed E-state index contributed by atoms with van der Waals surface area (Å²) in [5.41, 5.74) is 3.83. The first kappa shape index (κ1) is 12.7. The molecule has 0 aliphatic carbocycles. The minimum Gasteiger partial charge on any atom is -0.380 e. The predicted molar refractivity (Wildman–Crippen MR) is 80.0 cm³/mol. The van der Waals surface area contributed by atoms with Crippen LogP contribution < -0.4 is 5.32 Å². The van der Waals surface area contributed by atoms with Crippen molar-refractivity contribution in [2.45, 2.75) is 27.3 Å². The molecule has 0 fully saturated rings. The number of benzene rings is 1.